The van der Waals surface area contributed by atoms with E-state index in [1.807, 2.05) is 20.8 Å². The van der Waals surface area contributed by atoms with E-state index < -0.39 is 17.8 Å². The van der Waals surface area contributed by atoms with Crippen LogP contribution in [-0.2, 0) is 19.3 Å². The molecule has 0 bridgehead atoms. The van der Waals surface area contributed by atoms with E-state index >= 15 is 0 Å². The number of aromatic nitrogens is 6. The van der Waals surface area contributed by atoms with Gasteiger partial charge in [0.25, 0.3) is 5.56 Å². The standard InChI is InChI=1S/C18H22F2N6O2S/c1-5-7-26-14-12(16(27)24(4)18(26)28)15(23-13(22-14)10(2)3)29-9-11-21-6-8-25(11)17(19)20/h6,8,10,17H,5,7,9H2,1-4H3. The lowest BCUT2D eigenvalue weighted by Crippen LogP contribution is -2.39. The number of rotatable bonds is 7. The van der Waals surface area contributed by atoms with Crippen molar-refractivity contribution < 1.29 is 8.78 Å². The predicted octanol–water partition coefficient (Wildman–Crippen LogP) is 2.91. The van der Waals surface area contributed by atoms with Gasteiger partial charge in [-0.3, -0.25) is 18.5 Å². The maximum Gasteiger partial charge on any atom is 0.332 e. The fraction of sp³-hybridized carbons (Fsp3) is 0.500. The molecular weight excluding hydrogens is 402 g/mol. The molecular formula is C18H22F2N6O2S. The van der Waals surface area contributed by atoms with Gasteiger partial charge in [-0.1, -0.05) is 32.5 Å². The molecule has 8 nitrogen and oxygen atoms in total. The Bertz CT molecular complexity index is 1150. The van der Waals surface area contributed by atoms with Crippen LogP contribution in [0.5, 0.6) is 0 Å². The number of alkyl halides is 2. The SMILES string of the molecule is CCCn1c(=O)n(C)c(=O)c2c(SCc3nccn3C(F)F)nc(C(C)C)nc21. The number of imidazole rings is 1. The summed E-state index contributed by atoms with van der Waals surface area (Å²) in [5.74, 6) is 0.698. The third-order valence-corrected chi connectivity index (χ3v) is 5.40. The van der Waals surface area contributed by atoms with E-state index in [1.54, 1.807) is 0 Å². The van der Waals surface area contributed by atoms with Gasteiger partial charge in [0.2, 0.25) is 0 Å². The molecule has 0 amide bonds. The lowest BCUT2D eigenvalue weighted by molar-refractivity contribution is 0.0678. The molecule has 0 saturated heterocycles. The zero-order valence-electron chi connectivity index (χ0n) is 16.6. The third-order valence-electron chi connectivity index (χ3n) is 4.43. The van der Waals surface area contributed by atoms with Gasteiger partial charge in [0, 0.05) is 31.9 Å². The van der Waals surface area contributed by atoms with Gasteiger partial charge in [-0.25, -0.2) is 19.7 Å². The number of halogens is 2. The summed E-state index contributed by atoms with van der Waals surface area (Å²) in [5.41, 5.74) is -0.673. The summed E-state index contributed by atoms with van der Waals surface area (Å²) < 4.78 is 29.5. The quantitative estimate of drug-likeness (QED) is 0.428. The highest BCUT2D eigenvalue weighted by molar-refractivity contribution is 7.98. The second kappa shape index (κ2) is 8.44. The normalized spacial score (nSPS) is 11.9. The van der Waals surface area contributed by atoms with Crippen molar-refractivity contribution in [1.82, 2.24) is 28.7 Å². The van der Waals surface area contributed by atoms with Gasteiger partial charge in [0.15, 0.2) is 5.65 Å². The summed E-state index contributed by atoms with van der Waals surface area (Å²) in [5, 5.41) is 0.568. The molecule has 0 radical (unpaired) electrons. The second-order valence-electron chi connectivity index (χ2n) is 6.86. The maximum atomic E-state index is 13.1. The van der Waals surface area contributed by atoms with E-state index in [1.165, 1.54) is 24.0 Å². The first-order valence-electron chi connectivity index (χ1n) is 9.20. The van der Waals surface area contributed by atoms with E-state index in [0.29, 0.717) is 23.8 Å². The number of thioether (sulfide) groups is 1. The van der Waals surface area contributed by atoms with Crippen LogP contribution in [0.1, 0.15) is 51.3 Å². The van der Waals surface area contributed by atoms with E-state index in [2.05, 4.69) is 15.0 Å². The maximum absolute atomic E-state index is 13.1. The van der Waals surface area contributed by atoms with Gasteiger partial charge in [0.05, 0.1) is 5.75 Å². The third kappa shape index (κ3) is 3.96. The topological polar surface area (TPSA) is 87.6 Å². The molecule has 0 saturated carbocycles. The van der Waals surface area contributed by atoms with Gasteiger partial charge in [0.1, 0.15) is 22.1 Å². The molecule has 0 fully saturated rings. The molecule has 0 N–H and O–H groups in total. The van der Waals surface area contributed by atoms with Crippen molar-refractivity contribution in [3.8, 4) is 0 Å². The highest BCUT2D eigenvalue weighted by atomic mass is 32.2. The average molecular weight is 424 g/mol. The van der Waals surface area contributed by atoms with Crippen LogP contribution in [0.25, 0.3) is 11.0 Å². The fourth-order valence-corrected chi connectivity index (χ4v) is 3.88. The molecule has 29 heavy (non-hydrogen) atoms. The fourth-order valence-electron chi connectivity index (χ4n) is 2.91. The second-order valence-corrected chi connectivity index (χ2v) is 7.82. The van der Waals surface area contributed by atoms with E-state index in [9.17, 15) is 18.4 Å². The van der Waals surface area contributed by atoms with Crippen LogP contribution in [0, 0.1) is 0 Å². The molecule has 0 aromatic carbocycles. The van der Waals surface area contributed by atoms with Crippen LogP contribution in [0.2, 0.25) is 0 Å². The minimum absolute atomic E-state index is 0.0453. The van der Waals surface area contributed by atoms with Gasteiger partial charge < -0.3 is 0 Å². The summed E-state index contributed by atoms with van der Waals surface area (Å²) >= 11 is 1.13. The molecule has 0 aliphatic carbocycles. The van der Waals surface area contributed by atoms with Crippen LogP contribution in [0.4, 0.5) is 8.78 Å². The number of nitrogens with zero attached hydrogens (tertiary/aromatic N) is 6. The average Bonchev–Trinajstić information content (AvgIpc) is 3.16. The Labute approximate surface area is 169 Å². The lowest BCUT2D eigenvalue weighted by Gasteiger charge is -2.15. The van der Waals surface area contributed by atoms with E-state index in [-0.39, 0.29) is 28.5 Å². The van der Waals surface area contributed by atoms with Crippen molar-refractivity contribution in [3.63, 3.8) is 0 Å². The van der Waals surface area contributed by atoms with Crippen LogP contribution in [-0.4, -0.2) is 28.7 Å². The Hall–Kier alpha value is -2.56. The molecule has 156 valence electrons. The number of hydrogen-bond acceptors (Lipinski definition) is 6. The Morgan fingerprint density at radius 2 is 1.93 bits per heavy atom. The molecule has 3 heterocycles. The Balaban J connectivity index is 2.21. The highest BCUT2D eigenvalue weighted by Crippen LogP contribution is 2.28. The predicted molar refractivity (Wildman–Crippen MR) is 106 cm³/mol. The van der Waals surface area contributed by atoms with Crippen molar-refractivity contribution >= 4 is 22.8 Å². The first kappa shape index (κ1) is 21.2. The van der Waals surface area contributed by atoms with Gasteiger partial charge in [-0.2, -0.15) is 8.78 Å². The zero-order valence-corrected chi connectivity index (χ0v) is 17.4. The van der Waals surface area contributed by atoms with E-state index in [0.717, 1.165) is 20.9 Å². The van der Waals surface area contributed by atoms with Gasteiger partial charge >= 0.3 is 12.2 Å². The van der Waals surface area contributed by atoms with Crippen LogP contribution in [0.15, 0.2) is 27.0 Å². The minimum atomic E-state index is -2.70. The summed E-state index contributed by atoms with van der Waals surface area (Å²) in [6.07, 6.45) is 3.19. The van der Waals surface area contributed by atoms with E-state index in [4.69, 9.17) is 0 Å². The van der Waals surface area contributed by atoms with Crippen molar-refractivity contribution in [1.29, 1.82) is 0 Å². The molecule has 0 aliphatic rings. The molecule has 3 aromatic heterocycles. The highest BCUT2D eigenvalue weighted by Gasteiger charge is 2.21. The van der Waals surface area contributed by atoms with Gasteiger partial charge in [-0.05, 0) is 6.42 Å². The number of hydrogen-bond donors (Lipinski definition) is 0. The zero-order chi connectivity index (χ0) is 21.3. The largest absolute Gasteiger partial charge is 0.332 e. The van der Waals surface area contributed by atoms with Gasteiger partial charge in [-0.15, -0.1) is 0 Å². The Kier molecular flexibility index (Phi) is 6.15. The molecule has 0 atom stereocenters. The summed E-state index contributed by atoms with van der Waals surface area (Å²) in [6.45, 7) is 3.43. The summed E-state index contributed by atoms with van der Waals surface area (Å²) in [7, 11) is 1.41. The summed E-state index contributed by atoms with van der Waals surface area (Å²) in [6, 6.07) is 0. The number of fused-ring (bicyclic) bond motifs is 1. The summed E-state index contributed by atoms with van der Waals surface area (Å²) in [4.78, 5) is 38.4. The Morgan fingerprint density at radius 3 is 2.55 bits per heavy atom. The van der Waals surface area contributed by atoms with Crippen LogP contribution >= 0.6 is 11.8 Å². The monoisotopic (exact) mass is 424 g/mol. The van der Waals surface area contributed by atoms with Crippen molar-refractivity contribution in [3.05, 3.63) is 44.9 Å². The lowest BCUT2D eigenvalue weighted by atomic mass is 10.2. The molecule has 3 rings (SSSR count). The Morgan fingerprint density at radius 1 is 1.21 bits per heavy atom. The number of aryl methyl sites for hydroxylation is 1. The molecule has 11 heteroatoms. The van der Waals surface area contributed by atoms with Crippen molar-refractivity contribution in [2.45, 2.75) is 57.0 Å². The molecule has 0 unspecified atom stereocenters. The molecule has 3 aromatic rings. The molecule has 0 spiro atoms. The minimum Gasteiger partial charge on any atom is -0.277 e. The molecule has 0 aliphatic heterocycles. The van der Waals surface area contributed by atoms with Crippen LogP contribution in [0.3, 0.4) is 0 Å². The first-order valence-corrected chi connectivity index (χ1v) is 10.2. The van der Waals surface area contributed by atoms with Crippen LogP contribution < -0.4 is 11.2 Å². The van der Waals surface area contributed by atoms with Crippen molar-refractivity contribution in [2.24, 2.45) is 7.05 Å². The smallest absolute Gasteiger partial charge is 0.277 e. The van der Waals surface area contributed by atoms with Crippen molar-refractivity contribution in [2.75, 3.05) is 0 Å². The first-order chi connectivity index (χ1) is 13.8.